The van der Waals surface area contributed by atoms with Crippen LogP contribution in [0.2, 0.25) is 5.02 Å². The summed E-state index contributed by atoms with van der Waals surface area (Å²) in [7, 11) is 0. The van der Waals surface area contributed by atoms with E-state index in [1.807, 2.05) is 0 Å². The highest BCUT2D eigenvalue weighted by molar-refractivity contribution is 7.16. The average molecular weight is 502 g/mol. The molecule has 0 spiro atoms. The van der Waals surface area contributed by atoms with Crippen molar-refractivity contribution in [1.82, 2.24) is 9.78 Å². The lowest BCUT2D eigenvalue weighted by Crippen LogP contribution is -2.26. The van der Waals surface area contributed by atoms with Gasteiger partial charge in [0, 0.05) is 15.8 Å². The number of ether oxygens (including phenoxy) is 2. The highest BCUT2D eigenvalue weighted by atomic mass is 35.5. The van der Waals surface area contributed by atoms with Crippen molar-refractivity contribution in [2.45, 2.75) is 6.92 Å². The molecule has 0 saturated heterocycles. The normalized spacial score (nSPS) is 10.8. The minimum atomic E-state index is -0.721. The van der Waals surface area contributed by atoms with Crippen LogP contribution in [0.25, 0.3) is 16.5 Å². The Morgan fingerprint density at radius 2 is 2.00 bits per heavy atom. The van der Waals surface area contributed by atoms with Crippen LogP contribution in [0.5, 0.6) is 5.75 Å². The quantitative estimate of drug-likeness (QED) is 0.376. The van der Waals surface area contributed by atoms with Gasteiger partial charge in [-0.05, 0) is 37.3 Å². The summed E-state index contributed by atoms with van der Waals surface area (Å²) in [5.41, 5.74) is -0.330. The Hall–Kier alpha value is -3.76. The largest absolute Gasteiger partial charge is 0.481 e. The molecule has 0 aliphatic rings. The molecule has 0 fully saturated rings. The number of thiophene rings is 1. The monoisotopic (exact) mass is 501 g/mol. The number of rotatable bonds is 7. The molecule has 4 rings (SSSR count). The molecule has 2 aromatic heterocycles. The molecule has 1 N–H and O–H groups in total. The Morgan fingerprint density at radius 1 is 1.21 bits per heavy atom. The first-order chi connectivity index (χ1) is 16.4. The summed E-state index contributed by atoms with van der Waals surface area (Å²) in [5.74, 6) is -2.02. The van der Waals surface area contributed by atoms with Crippen molar-refractivity contribution in [3.8, 4) is 11.4 Å². The number of para-hydroxylation sites is 1. The smallest absolute Gasteiger partial charge is 0.359 e. The molecule has 0 radical (unpaired) electrons. The van der Waals surface area contributed by atoms with Crippen LogP contribution in [-0.4, -0.2) is 34.9 Å². The predicted molar refractivity (Wildman–Crippen MR) is 127 cm³/mol. The SMILES string of the molecule is CCOC(=O)c1nn(-c2cccc(Cl)c2)c(=O)c2c(NC(=O)COc3ccccc3F)scc12. The average Bonchev–Trinajstić information content (AvgIpc) is 3.23. The first-order valence-corrected chi connectivity index (χ1v) is 11.3. The number of hydrogen-bond donors (Lipinski definition) is 1. The van der Waals surface area contributed by atoms with Gasteiger partial charge in [0.05, 0.1) is 17.7 Å². The maximum absolute atomic E-state index is 13.7. The predicted octanol–water partition coefficient (Wildman–Crippen LogP) is 4.43. The van der Waals surface area contributed by atoms with Gasteiger partial charge in [0.1, 0.15) is 5.00 Å². The van der Waals surface area contributed by atoms with E-state index in [9.17, 15) is 18.8 Å². The summed E-state index contributed by atoms with van der Waals surface area (Å²) in [6.45, 7) is 1.27. The van der Waals surface area contributed by atoms with Gasteiger partial charge in [0.2, 0.25) is 0 Å². The van der Waals surface area contributed by atoms with Gasteiger partial charge in [-0.3, -0.25) is 9.59 Å². The highest BCUT2D eigenvalue weighted by Crippen LogP contribution is 2.31. The van der Waals surface area contributed by atoms with Gasteiger partial charge >= 0.3 is 5.97 Å². The molecule has 0 aliphatic carbocycles. The minimum absolute atomic E-state index is 0.0715. The minimum Gasteiger partial charge on any atom is -0.481 e. The summed E-state index contributed by atoms with van der Waals surface area (Å²) >= 11 is 7.10. The summed E-state index contributed by atoms with van der Waals surface area (Å²) in [4.78, 5) is 38.4. The number of nitrogens with one attached hydrogen (secondary N) is 1. The Kier molecular flexibility index (Phi) is 6.90. The lowest BCUT2D eigenvalue weighted by molar-refractivity contribution is -0.118. The molecule has 0 saturated carbocycles. The molecule has 1 amide bonds. The van der Waals surface area contributed by atoms with Crippen LogP contribution in [0, 0.1) is 5.82 Å². The number of aromatic nitrogens is 2. The van der Waals surface area contributed by atoms with E-state index < -0.39 is 29.9 Å². The number of carbonyl (C=O) groups excluding carboxylic acids is 2. The standard InChI is InChI=1S/C23H17ClFN3O5S/c1-2-32-23(31)20-15-12-34-21(26-18(29)11-33-17-9-4-3-8-16(17)25)19(15)22(30)28(27-20)14-7-5-6-13(24)10-14/h3-10,12H,2,11H2,1H3,(H,26,29). The summed E-state index contributed by atoms with van der Waals surface area (Å²) in [6, 6.07) is 12.1. The zero-order valence-electron chi connectivity index (χ0n) is 17.7. The molecule has 0 atom stereocenters. The first kappa shape index (κ1) is 23.4. The Morgan fingerprint density at radius 3 is 2.74 bits per heavy atom. The maximum atomic E-state index is 13.7. The van der Waals surface area contributed by atoms with E-state index in [1.54, 1.807) is 31.2 Å². The number of benzene rings is 2. The van der Waals surface area contributed by atoms with Crippen LogP contribution in [0.3, 0.4) is 0 Å². The second-order valence-corrected chi connectivity index (χ2v) is 8.20. The molecule has 8 nitrogen and oxygen atoms in total. The second kappa shape index (κ2) is 10.0. The Bertz CT molecular complexity index is 1450. The van der Waals surface area contributed by atoms with Crippen LogP contribution in [-0.2, 0) is 9.53 Å². The van der Waals surface area contributed by atoms with Crippen LogP contribution >= 0.6 is 22.9 Å². The number of carbonyl (C=O) groups is 2. The summed E-state index contributed by atoms with van der Waals surface area (Å²) < 4.78 is 25.1. The number of fused-ring (bicyclic) bond motifs is 1. The van der Waals surface area contributed by atoms with Gasteiger partial charge in [-0.1, -0.05) is 29.8 Å². The highest BCUT2D eigenvalue weighted by Gasteiger charge is 2.23. The Labute approximate surface area is 201 Å². The molecular weight excluding hydrogens is 485 g/mol. The van der Waals surface area contributed by atoms with Crippen molar-refractivity contribution in [3.63, 3.8) is 0 Å². The third kappa shape index (κ3) is 4.78. The lowest BCUT2D eigenvalue weighted by Gasteiger charge is -2.10. The summed E-state index contributed by atoms with van der Waals surface area (Å²) in [6.07, 6.45) is 0. The Balaban J connectivity index is 1.73. The molecule has 34 heavy (non-hydrogen) atoms. The molecule has 0 aliphatic heterocycles. The molecule has 2 aromatic carbocycles. The molecule has 4 aromatic rings. The lowest BCUT2D eigenvalue weighted by atomic mass is 10.2. The van der Waals surface area contributed by atoms with Crippen molar-refractivity contribution in [1.29, 1.82) is 0 Å². The van der Waals surface area contributed by atoms with Gasteiger partial charge in [0.15, 0.2) is 23.9 Å². The number of nitrogens with zero attached hydrogens (tertiary/aromatic N) is 2. The number of anilines is 1. The van der Waals surface area contributed by atoms with E-state index in [4.69, 9.17) is 21.1 Å². The van der Waals surface area contributed by atoms with E-state index in [2.05, 4.69) is 10.4 Å². The molecular formula is C23H17ClFN3O5S. The van der Waals surface area contributed by atoms with E-state index >= 15 is 0 Å². The third-order valence-electron chi connectivity index (χ3n) is 4.62. The molecule has 2 heterocycles. The van der Waals surface area contributed by atoms with Gasteiger partial charge in [-0.2, -0.15) is 9.78 Å². The number of amides is 1. The van der Waals surface area contributed by atoms with E-state index in [1.165, 1.54) is 29.6 Å². The van der Waals surface area contributed by atoms with E-state index in [0.717, 1.165) is 16.0 Å². The van der Waals surface area contributed by atoms with Crippen molar-refractivity contribution in [2.24, 2.45) is 0 Å². The maximum Gasteiger partial charge on any atom is 0.359 e. The second-order valence-electron chi connectivity index (χ2n) is 6.89. The number of esters is 1. The van der Waals surface area contributed by atoms with E-state index in [-0.39, 0.29) is 33.8 Å². The van der Waals surface area contributed by atoms with Gasteiger partial charge in [0.25, 0.3) is 11.5 Å². The van der Waals surface area contributed by atoms with Crippen molar-refractivity contribution in [2.75, 3.05) is 18.5 Å². The molecule has 174 valence electrons. The van der Waals surface area contributed by atoms with E-state index in [0.29, 0.717) is 10.7 Å². The zero-order valence-corrected chi connectivity index (χ0v) is 19.3. The van der Waals surface area contributed by atoms with Crippen LogP contribution in [0.4, 0.5) is 9.39 Å². The summed E-state index contributed by atoms with van der Waals surface area (Å²) in [5, 5.41) is 9.20. The molecule has 11 heteroatoms. The van der Waals surface area contributed by atoms with Gasteiger partial charge < -0.3 is 14.8 Å². The van der Waals surface area contributed by atoms with Crippen molar-refractivity contribution >= 4 is 50.6 Å². The number of halogens is 2. The fourth-order valence-electron chi connectivity index (χ4n) is 3.14. The topological polar surface area (TPSA) is 99.5 Å². The van der Waals surface area contributed by atoms with Crippen molar-refractivity contribution in [3.05, 3.63) is 80.8 Å². The van der Waals surface area contributed by atoms with Crippen molar-refractivity contribution < 1.29 is 23.5 Å². The molecule has 0 bridgehead atoms. The fraction of sp³-hybridized carbons (Fsp3) is 0.130. The van der Waals surface area contributed by atoms with Crippen LogP contribution < -0.4 is 15.6 Å². The fourth-order valence-corrected chi connectivity index (χ4v) is 4.28. The number of hydrogen-bond acceptors (Lipinski definition) is 7. The first-order valence-electron chi connectivity index (χ1n) is 10.0. The van der Waals surface area contributed by atoms with Gasteiger partial charge in [-0.25, -0.2) is 9.18 Å². The zero-order chi connectivity index (χ0) is 24.2. The van der Waals surface area contributed by atoms with Crippen LogP contribution in [0.1, 0.15) is 17.4 Å². The molecule has 0 unspecified atom stereocenters. The third-order valence-corrected chi connectivity index (χ3v) is 5.75. The van der Waals surface area contributed by atoms with Crippen LogP contribution in [0.15, 0.2) is 58.7 Å². The van der Waals surface area contributed by atoms with Gasteiger partial charge in [-0.15, -0.1) is 11.3 Å².